The largest absolute Gasteiger partial charge is 0.455 e. The van der Waals surface area contributed by atoms with Crippen LogP contribution in [0.5, 0.6) is 0 Å². The van der Waals surface area contributed by atoms with E-state index in [1.54, 1.807) is 0 Å². The predicted molar refractivity (Wildman–Crippen MR) is 196 cm³/mol. The molecular weight excluding hydrogens is 574 g/mol. The summed E-state index contributed by atoms with van der Waals surface area (Å²) < 4.78 is 6.42. The van der Waals surface area contributed by atoms with E-state index in [-0.39, 0.29) is 0 Å². The Hall–Kier alpha value is -6.13. The van der Waals surface area contributed by atoms with Gasteiger partial charge in [-0.15, -0.1) is 0 Å². The summed E-state index contributed by atoms with van der Waals surface area (Å²) in [5, 5.41) is 4.58. The summed E-state index contributed by atoms with van der Waals surface area (Å²) in [5.74, 6) is 0.621. The highest BCUT2D eigenvalue weighted by Gasteiger charge is 2.17. The van der Waals surface area contributed by atoms with Gasteiger partial charge in [0.25, 0.3) is 0 Å². The van der Waals surface area contributed by atoms with E-state index < -0.39 is 0 Å². The molecule has 0 bridgehead atoms. The first-order chi connectivity index (χ1) is 23.1. The molecule has 8 rings (SSSR count). The molecule has 0 N–H and O–H groups in total. The fourth-order valence-corrected chi connectivity index (χ4v) is 6.25. The SMILES string of the molecule is C=C/C(=C\C(=C)C1=CN=CCC1)c1cc(-c2cccc3c2oc2ccccc23)nc(-c2ccc(-c3ccc4ccccc4c3)cc2)n1. The van der Waals surface area contributed by atoms with Crippen molar-refractivity contribution >= 4 is 44.5 Å². The number of para-hydroxylation sites is 2. The third-order valence-corrected chi connectivity index (χ3v) is 8.77. The van der Waals surface area contributed by atoms with Crippen molar-refractivity contribution in [3.05, 3.63) is 164 Å². The second-order valence-corrected chi connectivity index (χ2v) is 11.7. The molecule has 7 aromatic rings. The van der Waals surface area contributed by atoms with Crippen LogP contribution in [-0.4, -0.2) is 16.2 Å². The molecule has 5 aromatic carbocycles. The number of furan rings is 1. The molecule has 0 atom stereocenters. The maximum absolute atomic E-state index is 6.42. The second-order valence-electron chi connectivity index (χ2n) is 11.7. The topological polar surface area (TPSA) is 51.3 Å². The number of nitrogens with zero attached hydrogens (tertiary/aromatic N) is 3. The van der Waals surface area contributed by atoms with E-state index in [1.807, 2.05) is 48.8 Å². The van der Waals surface area contributed by atoms with Gasteiger partial charge < -0.3 is 4.42 Å². The van der Waals surface area contributed by atoms with Crippen LogP contribution in [-0.2, 0) is 0 Å². The van der Waals surface area contributed by atoms with Crippen LogP contribution in [0.3, 0.4) is 0 Å². The molecule has 4 nitrogen and oxygen atoms in total. The highest BCUT2D eigenvalue weighted by molar-refractivity contribution is 6.09. The number of hydrogen-bond acceptors (Lipinski definition) is 4. The summed E-state index contributed by atoms with van der Waals surface area (Å²) in [4.78, 5) is 14.6. The Morgan fingerprint density at radius 1 is 0.723 bits per heavy atom. The van der Waals surface area contributed by atoms with Gasteiger partial charge >= 0.3 is 0 Å². The smallest absolute Gasteiger partial charge is 0.160 e. The lowest BCUT2D eigenvalue weighted by Gasteiger charge is -2.13. The van der Waals surface area contributed by atoms with Crippen molar-refractivity contribution in [1.82, 2.24) is 9.97 Å². The molecule has 2 aromatic heterocycles. The maximum Gasteiger partial charge on any atom is 0.160 e. The Morgan fingerprint density at radius 3 is 2.32 bits per heavy atom. The van der Waals surface area contributed by atoms with Crippen molar-refractivity contribution in [2.45, 2.75) is 12.8 Å². The average molecular weight is 606 g/mol. The van der Waals surface area contributed by atoms with Gasteiger partial charge in [-0.3, -0.25) is 4.99 Å². The molecular formula is C43H31N3O. The minimum atomic E-state index is 0.621. The fourth-order valence-electron chi connectivity index (χ4n) is 6.25. The summed E-state index contributed by atoms with van der Waals surface area (Å²) >= 11 is 0. The molecule has 0 radical (unpaired) electrons. The second kappa shape index (κ2) is 12.0. The normalized spacial score (nSPS) is 13.3. The summed E-state index contributed by atoms with van der Waals surface area (Å²) in [6.45, 7) is 8.50. The summed E-state index contributed by atoms with van der Waals surface area (Å²) in [6, 6.07) is 39.8. The van der Waals surface area contributed by atoms with Crippen molar-refractivity contribution < 1.29 is 4.42 Å². The Balaban J connectivity index is 1.26. The molecule has 224 valence electrons. The summed E-state index contributed by atoms with van der Waals surface area (Å²) in [6.07, 6.45) is 9.50. The monoisotopic (exact) mass is 605 g/mol. The third-order valence-electron chi connectivity index (χ3n) is 8.77. The molecule has 0 saturated heterocycles. The quantitative estimate of drug-likeness (QED) is 0.170. The molecule has 3 heterocycles. The number of fused-ring (bicyclic) bond motifs is 4. The highest BCUT2D eigenvalue weighted by Crippen LogP contribution is 2.37. The van der Waals surface area contributed by atoms with Gasteiger partial charge in [0.05, 0.1) is 11.4 Å². The van der Waals surface area contributed by atoms with E-state index in [2.05, 4.69) is 109 Å². The molecule has 0 amide bonds. The first kappa shape index (κ1) is 28.4. The number of aromatic nitrogens is 2. The van der Waals surface area contributed by atoms with Gasteiger partial charge in [-0.25, -0.2) is 9.97 Å². The lowest BCUT2D eigenvalue weighted by atomic mass is 9.98. The summed E-state index contributed by atoms with van der Waals surface area (Å²) in [7, 11) is 0. The molecule has 0 aliphatic carbocycles. The zero-order valence-electron chi connectivity index (χ0n) is 25.9. The fraction of sp³-hybridized carbons (Fsp3) is 0.0465. The van der Waals surface area contributed by atoms with E-state index in [0.29, 0.717) is 5.82 Å². The van der Waals surface area contributed by atoms with Gasteiger partial charge in [-0.1, -0.05) is 110 Å². The van der Waals surface area contributed by atoms with Crippen LogP contribution >= 0.6 is 0 Å². The highest BCUT2D eigenvalue weighted by atomic mass is 16.3. The van der Waals surface area contributed by atoms with E-state index in [0.717, 1.165) is 79.6 Å². The summed E-state index contributed by atoms with van der Waals surface area (Å²) in [5.41, 5.74) is 10.2. The molecule has 0 unspecified atom stereocenters. The number of aliphatic imine (C=N–C) groups is 1. The number of allylic oxidation sites excluding steroid dienone is 5. The predicted octanol–water partition coefficient (Wildman–Crippen LogP) is 11.4. The molecule has 47 heavy (non-hydrogen) atoms. The van der Waals surface area contributed by atoms with Crippen LogP contribution in [0.25, 0.3) is 72.1 Å². The Kier molecular flexibility index (Phi) is 7.23. The van der Waals surface area contributed by atoms with E-state index in [9.17, 15) is 0 Å². The number of rotatable bonds is 7. The first-order valence-electron chi connectivity index (χ1n) is 15.8. The van der Waals surface area contributed by atoms with E-state index >= 15 is 0 Å². The average Bonchev–Trinajstić information content (AvgIpc) is 3.53. The number of hydrogen-bond donors (Lipinski definition) is 0. The molecule has 1 aliphatic heterocycles. The minimum Gasteiger partial charge on any atom is -0.455 e. The lowest BCUT2D eigenvalue weighted by Crippen LogP contribution is -1.99. The van der Waals surface area contributed by atoms with Crippen LogP contribution < -0.4 is 0 Å². The van der Waals surface area contributed by atoms with Crippen LogP contribution in [0, 0.1) is 0 Å². The van der Waals surface area contributed by atoms with Gasteiger partial charge in [0.1, 0.15) is 11.2 Å². The van der Waals surface area contributed by atoms with Crippen molar-refractivity contribution in [3.8, 4) is 33.8 Å². The van der Waals surface area contributed by atoms with Gasteiger partial charge in [0.2, 0.25) is 0 Å². The zero-order valence-corrected chi connectivity index (χ0v) is 25.9. The zero-order chi connectivity index (χ0) is 31.7. The first-order valence-corrected chi connectivity index (χ1v) is 15.8. The van der Waals surface area contributed by atoms with Crippen molar-refractivity contribution in [2.24, 2.45) is 4.99 Å². The van der Waals surface area contributed by atoms with Crippen LogP contribution in [0.1, 0.15) is 18.5 Å². The molecule has 1 aliphatic rings. The Morgan fingerprint density at radius 2 is 1.49 bits per heavy atom. The Labute approximate surface area is 273 Å². The van der Waals surface area contributed by atoms with Crippen LogP contribution in [0.4, 0.5) is 0 Å². The van der Waals surface area contributed by atoms with Crippen LogP contribution in [0.15, 0.2) is 167 Å². The standard InChI is InChI=1S/C43H31N3O/c1-3-29(24-28(2)35-12-9-23-44-27-35)39-26-40(38-15-8-14-37-36-13-6-7-16-41(36)47-42(37)38)46-43(45-39)32-20-17-31(18-21-32)34-22-19-30-10-4-5-11-33(30)25-34/h3-8,10-11,13-27H,1-2,9,12H2/b29-24+. The van der Waals surface area contributed by atoms with E-state index in [1.165, 1.54) is 16.3 Å². The Bertz CT molecular complexity index is 2440. The van der Waals surface area contributed by atoms with Crippen LogP contribution in [0.2, 0.25) is 0 Å². The van der Waals surface area contributed by atoms with E-state index in [4.69, 9.17) is 14.4 Å². The molecule has 0 saturated carbocycles. The third kappa shape index (κ3) is 5.40. The lowest BCUT2D eigenvalue weighted by molar-refractivity contribution is 0.670. The van der Waals surface area contributed by atoms with Gasteiger partial charge in [0, 0.05) is 39.9 Å². The van der Waals surface area contributed by atoms with Gasteiger partial charge in [-0.2, -0.15) is 0 Å². The van der Waals surface area contributed by atoms with Gasteiger partial charge in [0.15, 0.2) is 5.82 Å². The minimum absolute atomic E-state index is 0.621. The van der Waals surface area contributed by atoms with Crippen molar-refractivity contribution in [3.63, 3.8) is 0 Å². The van der Waals surface area contributed by atoms with Gasteiger partial charge in [-0.05, 0) is 76.2 Å². The maximum atomic E-state index is 6.42. The van der Waals surface area contributed by atoms with Crippen molar-refractivity contribution in [1.29, 1.82) is 0 Å². The molecule has 0 fully saturated rings. The van der Waals surface area contributed by atoms with Crippen molar-refractivity contribution in [2.75, 3.05) is 0 Å². The number of benzene rings is 5. The molecule has 4 heteroatoms. The molecule has 0 spiro atoms.